The molecule has 1 N–H and O–H groups in total. The second-order valence-electron chi connectivity index (χ2n) is 3.63. The van der Waals surface area contributed by atoms with Crippen molar-refractivity contribution in [1.29, 1.82) is 0 Å². The molecular weight excluding hydrogens is 284 g/mol. The van der Waals surface area contributed by atoms with E-state index in [-0.39, 0.29) is 12.2 Å². The summed E-state index contributed by atoms with van der Waals surface area (Å²) in [6, 6.07) is 10.1. The van der Waals surface area contributed by atoms with Crippen LogP contribution in [0.3, 0.4) is 0 Å². The Balaban J connectivity index is 1.93. The Morgan fingerprint density at radius 2 is 2.05 bits per heavy atom. The Morgan fingerprint density at radius 3 is 2.74 bits per heavy atom. The van der Waals surface area contributed by atoms with E-state index in [1.54, 1.807) is 18.2 Å². The second-order valence-corrected chi connectivity index (χ2v) is 6.38. The van der Waals surface area contributed by atoms with Gasteiger partial charge >= 0.3 is 5.97 Å². The van der Waals surface area contributed by atoms with Crippen LogP contribution in [0.1, 0.15) is 10.4 Å². The van der Waals surface area contributed by atoms with Crippen LogP contribution in [0.15, 0.2) is 46.0 Å². The molecule has 2 aromatic rings. The summed E-state index contributed by atoms with van der Waals surface area (Å²) in [6.45, 7) is 0.217. The molecular formula is C13H12O4S2. The number of hydrogen-bond acceptors (Lipinski definition) is 4. The fraction of sp³-hybridized carbons (Fsp3) is 0.154. The molecule has 0 aliphatic heterocycles. The van der Waals surface area contributed by atoms with Gasteiger partial charge in [0.25, 0.3) is 0 Å². The lowest BCUT2D eigenvalue weighted by Crippen LogP contribution is -2.10. The fourth-order valence-electron chi connectivity index (χ4n) is 1.49. The molecule has 0 spiro atoms. The van der Waals surface area contributed by atoms with Crippen LogP contribution in [0.5, 0.6) is 5.75 Å². The topological polar surface area (TPSA) is 63.6 Å². The third-order valence-electron chi connectivity index (χ3n) is 2.36. The van der Waals surface area contributed by atoms with E-state index in [9.17, 15) is 9.00 Å². The van der Waals surface area contributed by atoms with Crippen molar-refractivity contribution in [2.24, 2.45) is 0 Å². The average molecular weight is 296 g/mol. The van der Waals surface area contributed by atoms with Gasteiger partial charge in [-0.15, -0.1) is 11.3 Å². The Morgan fingerprint density at radius 1 is 1.26 bits per heavy atom. The molecule has 1 unspecified atom stereocenters. The molecule has 0 aliphatic carbocycles. The summed E-state index contributed by atoms with van der Waals surface area (Å²) in [5.74, 6) is -0.387. The van der Waals surface area contributed by atoms with Gasteiger partial charge in [0, 0.05) is 0 Å². The van der Waals surface area contributed by atoms with Crippen molar-refractivity contribution in [3.8, 4) is 5.75 Å². The number of carbonyl (C=O) groups is 1. The standard InChI is InChI=1S/C13H12O4S2/c14-13(15)10-4-1-2-5-11(10)17-7-9-19(16)12-6-3-8-18-12/h1-6,8H,7,9H2,(H,14,15). The molecule has 0 radical (unpaired) electrons. The van der Waals surface area contributed by atoms with Crippen LogP contribution in [0, 0.1) is 0 Å². The number of carboxylic acid groups (broad SMARTS) is 1. The van der Waals surface area contributed by atoms with Crippen molar-refractivity contribution in [2.75, 3.05) is 12.4 Å². The molecule has 0 fully saturated rings. The molecule has 4 nitrogen and oxygen atoms in total. The first-order valence-corrected chi connectivity index (χ1v) is 7.75. The molecule has 0 aliphatic rings. The van der Waals surface area contributed by atoms with Crippen molar-refractivity contribution in [1.82, 2.24) is 0 Å². The van der Waals surface area contributed by atoms with Gasteiger partial charge in [0.15, 0.2) is 0 Å². The van der Waals surface area contributed by atoms with Crippen LogP contribution in [0.25, 0.3) is 0 Å². The number of hydrogen-bond donors (Lipinski definition) is 1. The molecule has 2 rings (SSSR count). The van der Waals surface area contributed by atoms with Gasteiger partial charge in [-0.05, 0) is 23.6 Å². The average Bonchev–Trinajstić information content (AvgIpc) is 2.93. The van der Waals surface area contributed by atoms with E-state index < -0.39 is 16.8 Å². The SMILES string of the molecule is O=C(O)c1ccccc1OCCS(=O)c1cccs1. The van der Waals surface area contributed by atoms with Gasteiger partial charge in [-0.1, -0.05) is 18.2 Å². The van der Waals surface area contributed by atoms with Gasteiger partial charge in [-0.3, -0.25) is 4.21 Å². The van der Waals surface area contributed by atoms with Crippen molar-refractivity contribution >= 4 is 28.1 Å². The fourth-order valence-corrected chi connectivity index (χ4v) is 3.45. The van der Waals surface area contributed by atoms with Crippen molar-refractivity contribution in [3.63, 3.8) is 0 Å². The second kappa shape index (κ2) is 6.49. The normalized spacial score (nSPS) is 12.0. The minimum absolute atomic E-state index is 0.115. The lowest BCUT2D eigenvalue weighted by molar-refractivity contribution is 0.0692. The quantitative estimate of drug-likeness (QED) is 0.890. The third-order valence-corrected chi connectivity index (χ3v) is 4.99. The lowest BCUT2D eigenvalue weighted by Gasteiger charge is -2.08. The summed E-state index contributed by atoms with van der Waals surface area (Å²) < 4.78 is 18.0. The van der Waals surface area contributed by atoms with Crippen LogP contribution in [0.4, 0.5) is 0 Å². The highest BCUT2D eigenvalue weighted by molar-refractivity contribution is 7.87. The van der Waals surface area contributed by atoms with E-state index >= 15 is 0 Å². The molecule has 1 heterocycles. The number of rotatable bonds is 6. The Bertz CT molecular complexity index is 578. The molecule has 19 heavy (non-hydrogen) atoms. The van der Waals surface area contributed by atoms with Gasteiger partial charge in [0.1, 0.15) is 17.9 Å². The molecule has 100 valence electrons. The first-order chi connectivity index (χ1) is 9.18. The van der Waals surface area contributed by atoms with Crippen LogP contribution in [-0.2, 0) is 10.8 Å². The minimum Gasteiger partial charge on any atom is -0.492 e. The van der Waals surface area contributed by atoms with Gasteiger partial charge in [-0.25, -0.2) is 4.79 Å². The monoisotopic (exact) mass is 296 g/mol. The van der Waals surface area contributed by atoms with Crippen molar-refractivity contribution in [3.05, 3.63) is 47.3 Å². The first-order valence-electron chi connectivity index (χ1n) is 5.55. The molecule has 0 amide bonds. The Hall–Kier alpha value is -1.66. The maximum Gasteiger partial charge on any atom is 0.339 e. The highest BCUT2D eigenvalue weighted by Gasteiger charge is 2.11. The summed E-state index contributed by atoms with van der Waals surface area (Å²) >= 11 is 1.44. The van der Waals surface area contributed by atoms with Crippen molar-refractivity contribution in [2.45, 2.75) is 4.21 Å². The summed E-state index contributed by atoms with van der Waals surface area (Å²) in [7, 11) is -1.10. The number of thiophene rings is 1. The van der Waals surface area contributed by atoms with Crippen LogP contribution in [-0.4, -0.2) is 27.6 Å². The molecule has 1 aromatic carbocycles. The maximum absolute atomic E-state index is 11.8. The zero-order valence-corrected chi connectivity index (χ0v) is 11.6. The summed E-state index contributed by atoms with van der Waals surface area (Å²) in [4.78, 5) is 11.0. The summed E-state index contributed by atoms with van der Waals surface area (Å²) in [6.07, 6.45) is 0. The maximum atomic E-state index is 11.8. The third kappa shape index (κ3) is 3.65. The van der Waals surface area contributed by atoms with Crippen molar-refractivity contribution < 1.29 is 18.8 Å². The zero-order valence-electron chi connectivity index (χ0n) is 9.94. The van der Waals surface area contributed by atoms with Crippen LogP contribution in [0.2, 0.25) is 0 Å². The van der Waals surface area contributed by atoms with Gasteiger partial charge in [0.05, 0.1) is 20.8 Å². The molecule has 6 heteroatoms. The molecule has 0 saturated carbocycles. The predicted molar refractivity (Wildman–Crippen MR) is 74.5 cm³/mol. The van der Waals surface area contributed by atoms with Crippen LogP contribution >= 0.6 is 11.3 Å². The zero-order chi connectivity index (χ0) is 13.7. The van der Waals surface area contributed by atoms with E-state index in [4.69, 9.17) is 9.84 Å². The van der Waals surface area contributed by atoms with E-state index in [0.29, 0.717) is 11.5 Å². The number of aromatic carboxylic acids is 1. The van der Waals surface area contributed by atoms with Gasteiger partial charge < -0.3 is 9.84 Å². The van der Waals surface area contributed by atoms with E-state index in [1.807, 2.05) is 17.5 Å². The molecule has 1 aromatic heterocycles. The number of para-hydroxylation sites is 1. The van der Waals surface area contributed by atoms with E-state index in [1.165, 1.54) is 17.4 Å². The van der Waals surface area contributed by atoms with Gasteiger partial charge in [-0.2, -0.15) is 0 Å². The Kier molecular flexibility index (Phi) is 4.70. The van der Waals surface area contributed by atoms with Gasteiger partial charge in [0.2, 0.25) is 0 Å². The number of ether oxygens (including phenoxy) is 1. The smallest absolute Gasteiger partial charge is 0.339 e. The molecule has 0 bridgehead atoms. The summed E-state index contributed by atoms with van der Waals surface area (Å²) in [5.41, 5.74) is 0.115. The number of benzene rings is 1. The predicted octanol–water partition coefficient (Wildman–Crippen LogP) is 2.63. The Labute approximate surface area is 117 Å². The largest absolute Gasteiger partial charge is 0.492 e. The van der Waals surface area contributed by atoms with Crippen LogP contribution < -0.4 is 4.74 Å². The highest BCUT2D eigenvalue weighted by Crippen LogP contribution is 2.18. The minimum atomic E-state index is -1.10. The number of carboxylic acids is 1. The molecule has 1 atom stereocenters. The molecule has 0 saturated heterocycles. The highest BCUT2D eigenvalue weighted by atomic mass is 32.2. The first kappa shape index (κ1) is 13.8. The lowest BCUT2D eigenvalue weighted by atomic mass is 10.2. The van der Waals surface area contributed by atoms with E-state index in [2.05, 4.69) is 0 Å². The summed E-state index contributed by atoms with van der Waals surface area (Å²) in [5, 5.41) is 10.9. The van der Waals surface area contributed by atoms with E-state index in [0.717, 1.165) is 4.21 Å².